The van der Waals surface area contributed by atoms with Crippen molar-refractivity contribution >= 4 is 0 Å². The first-order valence-corrected chi connectivity index (χ1v) is 13.0. The fraction of sp³-hybridized carbons (Fsp3) is 0.290. The van der Waals surface area contributed by atoms with Gasteiger partial charge in [0.2, 0.25) is 0 Å². The van der Waals surface area contributed by atoms with Gasteiger partial charge in [0, 0.05) is 62.8 Å². The number of aliphatic hydroxyl groups excluding tert-OH is 1. The van der Waals surface area contributed by atoms with Gasteiger partial charge in [0.05, 0.1) is 17.5 Å². The first-order valence-electron chi connectivity index (χ1n) is 13.0. The third kappa shape index (κ3) is 8.66. The maximum Gasteiger partial charge on any atom is 0.120 e. The summed E-state index contributed by atoms with van der Waals surface area (Å²) in [6.07, 6.45) is 4.25. The maximum atomic E-state index is 10.9. The summed E-state index contributed by atoms with van der Waals surface area (Å²) in [5.74, 6) is 0.543. The van der Waals surface area contributed by atoms with Crippen molar-refractivity contribution in [1.82, 2.24) is 19.8 Å². The Bertz CT molecular complexity index is 1140. The third-order valence-electron chi connectivity index (χ3n) is 6.55. The van der Waals surface area contributed by atoms with Gasteiger partial charge in [-0.3, -0.25) is 19.8 Å². The minimum atomic E-state index is -0.499. The van der Waals surface area contributed by atoms with Crippen molar-refractivity contribution in [3.63, 3.8) is 0 Å². The molecule has 0 amide bonds. The van der Waals surface area contributed by atoms with Crippen molar-refractivity contribution in [3.8, 4) is 11.5 Å². The highest BCUT2D eigenvalue weighted by Crippen LogP contribution is 2.21. The van der Waals surface area contributed by atoms with E-state index in [-0.39, 0.29) is 11.5 Å². The summed E-state index contributed by atoms with van der Waals surface area (Å²) in [4.78, 5) is 13.3. The Morgan fingerprint density at radius 1 is 0.553 bits per heavy atom. The molecule has 0 saturated heterocycles. The molecule has 0 atom stereocenters. The molecule has 7 heteroatoms. The van der Waals surface area contributed by atoms with Crippen LogP contribution in [0.2, 0.25) is 0 Å². The molecule has 4 rings (SSSR count). The zero-order valence-electron chi connectivity index (χ0n) is 21.6. The van der Waals surface area contributed by atoms with Crippen molar-refractivity contribution in [2.75, 3.05) is 13.1 Å². The predicted octanol–water partition coefficient (Wildman–Crippen LogP) is 4.73. The molecule has 4 aromatic rings. The number of rotatable bonds is 14. The lowest BCUT2D eigenvalue weighted by atomic mass is 10.1. The van der Waals surface area contributed by atoms with Crippen LogP contribution in [0.1, 0.15) is 35.4 Å². The Labute approximate surface area is 224 Å². The van der Waals surface area contributed by atoms with E-state index in [2.05, 4.69) is 19.8 Å². The molecule has 0 aliphatic rings. The van der Waals surface area contributed by atoms with Crippen LogP contribution in [-0.4, -0.2) is 54.3 Å². The highest BCUT2D eigenvalue weighted by Gasteiger charge is 2.16. The minimum absolute atomic E-state index is 0.272. The number of para-hydroxylation sites is 2. The van der Waals surface area contributed by atoms with Crippen LogP contribution in [0.4, 0.5) is 0 Å². The summed E-state index contributed by atoms with van der Waals surface area (Å²) in [5.41, 5.74) is 3.59. The van der Waals surface area contributed by atoms with Gasteiger partial charge >= 0.3 is 0 Å². The summed E-state index contributed by atoms with van der Waals surface area (Å²) >= 11 is 0. The molecule has 2 heterocycles. The lowest BCUT2D eigenvalue weighted by Crippen LogP contribution is -2.30. The molecular formula is C31H36N4O3. The van der Waals surface area contributed by atoms with Crippen LogP contribution >= 0.6 is 0 Å². The summed E-state index contributed by atoms with van der Waals surface area (Å²) in [6, 6.07) is 26.4. The van der Waals surface area contributed by atoms with Gasteiger partial charge in [-0.25, -0.2) is 0 Å². The van der Waals surface area contributed by atoms with Crippen molar-refractivity contribution in [3.05, 3.63) is 120 Å². The molecule has 0 aliphatic heterocycles. The molecule has 0 aliphatic carbocycles. The average Bonchev–Trinajstić information content (AvgIpc) is 2.94. The van der Waals surface area contributed by atoms with Gasteiger partial charge in [-0.2, -0.15) is 0 Å². The molecule has 198 valence electrons. The monoisotopic (exact) mass is 512 g/mol. The van der Waals surface area contributed by atoms with Crippen molar-refractivity contribution in [2.24, 2.45) is 0 Å². The molecule has 0 bridgehead atoms. The average molecular weight is 513 g/mol. The van der Waals surface area contributed by atoms with E-state index in [4.69, 9.17) is 0 Å². The van der Waals surface area contributed by atoms with E-state index in [0.717, 1.165) is 22.5 Å². The number of phenols is 2. The summed E-state index contributed by atoms with van der Waals surface area (Å²) in [6.45, 7) is 3.70. The maximum absolute atomic E-state index is 10.9. The van der Waals surface area contributed by atoms with Crippen LogP contribution in [0, 0.1) is 0 Å². The molecule has 2 aromatic carbocycles. The second-order valence-corrected chi connectivity index (χ2v) is 9.55. The SMILES string of the molecule is Oc1ccccc1CN(CCC(O)CCN(Cc1ccccn1)Cc1ccccc1O)Cc1ccccn1. The van der Waals surface area contributed by atoms with Crippen LogP contribution in [0.3, 0.4) is 0 Å². The van der Waals surface area contributed by atoms with E-state index in [1.165, 1.54) is 0 Å². The van der Waals surface area contributed by atoms with Gasteiger partial charge in [-0.15, -0.1) is 0 Å². The molecule has 0 spiro atoms. The lowest BCUT2D eigenvalue weighted by molar-refractivity contribution is 0.108. The Balaban J connectivity index is 1.36. The Morgan fingerprint density at radius 3 is 1.37 bits per heavy atom. The number of pyridine rings is 2. The van der Waals surface area contributed by atoms with E-state index in [9.17, 15) is 15.3 Å². The second kappa shape index (κ2) is 14.2. The number of aliphatic hydroxyl groups is 1. The first-order chi connectivity index (χ1) is 18.6. The molecule has 0 fully saturated rings. The summed E-state index contributed by atoms with van der Waals surface area (Å²) in [5, 5.41) is 31.5. The van der Waals surface area contributed by atoms with Gasteiger partial charge < -0.3 is 15.3 Å². The van der Waals surface area contributed by atoms with E-state index in [1.807, 2.05) is 72.8 Å². The molecule has 7 nitrogen and oxygen atoms in total. The number of phenolic OH excluding ortho intramolecular Hbond substituents is 2. The van der Waals surface area contributed by atoms with Gasteiger partial charge in [0.15, 0.2) is 0 Å². The molecule has 0 unspecified atom stereocenters. The van der Waals surface area contributed by atoms with Crippen LogP contribution in [-0.2, 0) is 26.2 Å². The molecule has 0 saturated carbocycles. The van der Waals surface area contributed by atoms with Gasteiger partial charge in [0.25, 0.3) is 0 Å². The topological polar surface area (TPSA) is 93.0 Å². The molecule has 38 heavy (non-hydrogen) atoms. The van der Waals surface area contributed by atoms with E-state index < -0.39 is 6.10 Å². The van der Waals surface area contributed by atoms with E-state index in [0.29, 0.717) is 52.1 Å². The van der Waals surface area contributed by atoms with E-state index in [1.54, 1.807) is 24.5 Å². The smallest absolute Gasteiger partial charge is 0.120 e. The van der Waals surface area contributed by atoms with Crippen LogP contribution < -0.4 is 0 Å². The summed E-state index contributed by atoms with van der Waals surface area (Å²) in [7, 11) is 0. The third-order valence-corrected chi connectivity index (χ3v) is 6.55. The fourth-order valence-corrected chi connectivity index (χ4v) is 4.45. The number of hydrogen-bond acceptors (Lipinski definition) is 7. The largest absolute Gasteiger partial charge is 0.508 e. The van der Waals surface area contributed by atoms with Gasteiger partial charge in [0.1, 0.15) is 11.5 Å². The fourth-order valence-electron chi connectivity index (χ4n) is 4.45. The summed E-state index contributed by atoms with van der Waals surface area (Å²) < 4.78 is 0. The number of nitrogens with zero attached hydrogens (tertiary/aromatic N) is 4. The van der Waals surface area contributed by atoms with Gasteiger partial charge in [-0.05, 0) is 49.2 Å². The standard InChI is InChI=1S/C31H36N4O3/c36-29(15-19-34(23-27-11-5-7-17-32-27)21-25-9-1-3-13-30(25)37)16-20-35(24-28-12-6-8-18-33-28)22-26-10-2-4-14-31(26)38/h1-14,17-18,29,36-38H,15-16,19-24H2. The van der Waals surface area contributed by atoms with Crippen molar-refractivity contribution < 1.29 is 15.3 Å². The number of aromatic nitrogens is 2. The van der Waals surface area contributed by atoms with Crippen LogP contribution in [0.15, 0.2) is 97.3 Å². The Morgan fingerprint density at radius 2 is 0.974 bits per heavy atom. The predicted molar refractivity (Wildman–Crippen MR) is 148 cm³/mol. The number of benzene rings is 2. The first kappa shape index (κ1) is 27.3. The van der Waals surface area contributed by atoms with Crippen LogP contribution in [0.5, 0.6) is 11.5 Å². The van der Waals surface area contributed by atoms with Gasteiger partial charge in [-0.1, -0.05) is 48.5 Å². The van der Waals surface area contributed by atoms with Crippen molar-refractivity contribution in [1.29, 1.82) is 0 Å². The minimum Gasteiger partial charge on any atom is -0.508 e. The molecule has 3 N–H and O–H groups in total. The highest BCUT2D eigenvalue weighted by atomic mass is 16.3. The molecule has 0 radical (unpaired) electrons. The van der Waals surface area contributed by atoms with Crippen LogP contribution in [0.25, 0.3) is 0 Å². The Hall–Kier alpha value is -3.78. The second-order valence-electron chi connectivity index (χ2n) is 9.55. The van der Waals surface area contributed by atoms with E-state index >= 15 is 0 Å². The normalized spacial score (nSPS) is 11.5. The number of aromatic hydroxyl groups is 2. The lowest BCUT2D eigenvalue weighted by Gasteiger charge is -2.26. The van der Waals surface area contributed by atoms with Crippen molar-refractivity contribution in [2.45, 2.75) is 45.1 Å². The molecular weight excluding hydrogens is 476 g/mol. The molecule has 2 aromatic heterocycles. The quantitative estimate of drug-likeness (QED) is 0.225. The highest BCUT2D eigenvalue weighted by molar-refractivity contribution is 5.32. The number of hydrogen-bond donors (Lipinski definition) is 3. The zero-order chi connectivity index (χ0) is 26.6. The zero-order valence-corrected chi connectivity index (χ0v) is 21.6. The Kier molecular flexibility index (Phi) is 10.2.